The largest absolute Gasteiger partial charge is 0.329 e. The summed E-state index contributed by atoms with van der Waals surface area (Å²) >= 11 is 0. The van der Waals surface area contributed by atoms with Crippen molar-refractivity contribution < 1.29 is 0 Å². The molecule has 21 heavy (non-hydrogen) atoms. The standard InChI is InChI=1S/C19H32N2/c1-6-17-12-7-14(2)21(17)18(13-20)15-8-10-16(11-9-15)19(3,4)5/h8-11,14,17-18H,6-7,12-13,20H2,1-5H3. The predicted molar refractivity (Wildman–Crippen MR) is 91.6 cm³/mol. The van der Waals surface area contributed by atoms with Crippen LogP contribution in [-0.4, -0.2) is 23.5 Å². The van der Waals surface area contributed by atoms with E-state index in [1.54, 1.807) is 0 Å². The highest BCUT2D eigenvalue weighted by molar-refractivity contribution is 5.30. The van der Waals surface area contributed by atoms with Gasteiger partial charge in [0.2, 0.25) is 0 Å². The van der Waals surface area contributed by atoms with E-state index < -0.39 is 0 Å². The Labute approximate surface area is 130 Å². The van der Waals surface area contributed by atoms with E-state index in [0.717, 1.165) is 0 Å². The van der Waals surface area contributed by atoms with Gasteiger partial charge in [-0.05, 0) is 42.7 Å². The van der Waals surface area contributed by atoms with Crippen molar-refractivity contribution in [2.24, 2.45) is 5.73 Å². The fourth-order valence-electron chi connectivity index (χ4n) is 3.70. The molecule has 0 aliphatic carbocycles. The first-order valence-corrected chi connectivity index (χ1v) is 8.46. The summed E-state index contributed by atoms with van der Waals surface area (Å²) in [6.45, 7) is 12.1. The molecule has 1 aromatic carbocycles. The topological polar surface area (TPSA) is 29.3 Å². The maximum atomic E-state index is 6.15. The molecule has 0 saturated carbocycles. The van der Waals surface area contributed by atoms with Crippen LogP contribution in [0.5, 0.6) is 0 Å². The SMILES string of the molecule is CCC1CCC(C)N1C(CN)c1ccc(C(C)(C)C)cc1. The molecule has 0 bridgehead atoms. The Morgan fingerprint density at radius 3 is 2.29 bits per heavy atom. The van der Waals surface area contributed by atoms with E-state index in [2.05, 4.69) is 63.8 Å². The van der Waals surface area contributed by atoms with Gasteiger partial charge in [0.1, 0.15) is 0 Å². The van der Waals surface area contributed by atoms with Crippen LogP contribution in [0.4, 0.5) is 0 Å². The molecule has 2 nitrogen and oxygen atoms in total. The number of rotatable bonds is 4. The zero-order valence-corrected chi connectivity index (χ0v) is 14.4. The Morgan fingerprint density at radius 2 is 1.81 bits per heavy atom. The van der Waals surface area contributed by atoms with Crippen molar-refractivity contribution in [3.63, 3.8) is 0 Å². The fourth-order valence-corrected chi connectivity index (χ4v) is 3.70. The molecule has 1 aliphatic rings. The molecule has 0 amide bonds. The van der Waals surface area contributed by atoms with Gasteiger partial charge < -0.3 is 5.73 Å². The van der Waals surface area contributed by atoms with Crippen LogP contribution in [0.3, 0.4) is 0 Å². The Bertz CT molecular complexity index is 444. The van der Waals surface area contributed by atoms with Crippen molar-refractivity contribution in [2.75, 3.05) is 6.54 Å². The highest BCUT2D eigenvalue weighted by Gasteiger charge is 2.34. The minimum absolute atomic E-state index is 0.212. The molecule has 3 atom stereocenters. The van der Waals surface area contributed by atoms with Crippen molar-refractivity contribution in [3.05, 3.63) is 35.4 Å². The molecular weight excluding hydrogens is 256 g/mol. The van der Waals surface area contributed by atoms with Gasteiger partial charge >= 0.3 is 0 Å². The monoisotopic (exact) mass is 288 g/mol. The quantitative estimate of drug-likeness (QED) is 0.897. The van der Waals surface area contributed by atoms with Gasteiger partial charge in [-0.2, -0.15) is 0 Å². The second kappa shape index (κ2) is 6.50. The third kappa shape index (κ3) is 3.49. The Kier molecular flexibility index (Phi) is 5.11. The molecule has 1 aromatic rings. The molecule has 0 radical (unpaired) electrons. The van der Waals surface area contributed by atoms with E-state index in [1.165, 1.54) is 30.4 Å². The molecule has 2 heteroatoms. The minimum atomic E-state index is 0.212. The first-order valence-electron chi connectivity index (χ1n) is 8.46. The Morgan fingerprint density at radius 1 is 1.19 bits per heavy atom. The number of benzene rings is 1. The highest BCUT2D eigenvalue weighted by Crippen LogP contribution is 2.35. The number of nitrogens with two attached hydrogens (primary N) is 1. The molecule has 0 aromatic heterocycles. The first kappa shape index (κ1) is 16.5. The van der Waals surface area contributed by atoms with Crippen molar-refractivity contribution in [3.8, 4) is 0 Å². The summed E-state index contributed by atoms with van der Waals surface area (Å²) in [7, 11) is 0. The van der Waals surface area contributed by atoms with Crippen LogP contribution in [0.25, 0.3) is 0 Å². The van der Waals surface area contributed by atoms with E-state index in [-0.39, 0.29) is 5.41 Å². The molecule has 1 heterocycles. The number of nitrogens with zero attached hydrogens (tertiary/aromatic N) is 1. The average molecular weight is 288 g/mol. The highest BCUT2D eigenvalue weighted by atomic mass is 15.2. The lowest BCUT2D eigenvalue weighted by Crippen LogP contribution is -2.41. The van der Waals surface area contributed by atoms with Crippen LogP contribution < -0.4 is 5.73 Å². The predicted octanol–water partition coefficient (Wildman–Crippen LogP) is 4.25. The smallest absolute Gasteiger partial charge is 0.0476 e. The summed E-state index contributed by atoms with van der Waals surface area (Å²) in [5, 5.41) is 0. The van der Waals surface area contributed by atoms with Crippen LogP contribution in [-0.2, 0) is 5.41 Å². The van der Waals surface area contributed by atoms with Gasteiger partial charge in [0.15, 0.2) is 0 Å². The van der Waals surface area contributed by atoms with Gasteiger partial charge in [-0.1, -0.05) is 52.0 Å². The third-order valence-corrected chi connectivity index (χ3v) is 5.06. The van der Waals surface area contributed by atoms with Gasteiger partial charge in [0.05, 0.1) is 0 Å². The lowest BCUT2D eigenvalue weighted by molar-refractivity contribution is 0.137. The van der Waals surface area contributed by atoms with Gasteiger partial charge in [-0.25, -0.2) is 0 Å². The molecule has 1 aliphatic heterocycles. The van der Waals surface area contributed by atoms with Crippen LogP contribution in [0.2, 0.25) is 0 Å². The van der Waals surface area contributed by atoms with Crippen molar-refractivity contribution >= 4 is 0 Å². The first-order chi connectivity index (χ1) is 9.88. The zero-order chi connectivity index (χ0) is 15.6. The lowest BCUT2D eigenvalue weighted by atomic mass is 9.86. The normalized spacial score (nSPS) is 25.2. The minimum Gasteiger partial charge on any atom is -0.329 e. The van der Waals surface area contributed by atoms with Crippen molar-refractivity contribution in [1.82, 2.24) is 4.90 Å². The van der Waals surface area contributed by atoms with Crippen molar-refractivity contribution in [1.29, 1.82) is 0 Å². The van der Waals surface area contributed by atoms with E-state index >= 15 is 0 Å². The summed E-state index contributed by atoms with van der Waals surface area (Å²) in [4.78, 5) is 2.66. The molecule has 1 saturated heterocycles. The van der Waals surface area contributed by atoms with Crippen LogP contribution in [0, 0.1) is 0 Å². The van der Waals surface area contributed by atoms with E-state index in [0.29, 0.717) is 24.7 Å². The summed E-state index contributed by atoms with van der Waals surface area (Å²) in [5.74, 6) is 0. The lowest BCUT2D eigenvalue weighted by Gasteiger charge is -2.36. The summed E-state index contributed by atoms with van der Waals surface area (Å²) in [5.41, 5.74) is 9.12. The second-order valence-electron chi connectivity index (χ2n) is 7.56. The molecule has 1 fully saturated rings. The van der Waals surface area contributed by atoms with Gasteiger partial charge in [0, 0.05) is 24.7 Å². The number of likely N-dealkylation sites (tertiary alicyclic amines) is 1. The van der Waals surface area contributed by atoms with Gasteiger partial charge in [0.25, 0.3) is 0 Å². The summed E-state index contributed by atoms with van der Waals surface area (Å²) in [6.07, 6.45) is 3.84. The Hall–Kier alpha value is -0.860. The zero-order valence-electron chi connectivity index (χ0n) is 14.4. The fraction of sp³-hybridized carbons (Fsp3) is 0.684. The average Bonchev–Trinajstić information content (AvgIpc) is 2.81. The van der Waals surface area contributed by atoms with Gasteiger partial charge in [-0.3, -0.25) is 4.90 Å². The number of hydrogen-bond donors (Lipinski definition) is 1. The third-order valence-electron chi connectivity index (χ3n) is 5.06. The number of hydrogen-bond acceptors (Lipinski definition) is 2. The second-order valence-corrected chi connectivity index (χ2v) is 7.56. The molecule has 0 spiro atoms. The summed E-state index contributed by atoms with van der Waals surface area (Å²) < 4.78 is 0. The maximum Gasteiger partial charge on any atom is 0.0476 e. The molecule has 3 unspecified atom stereocenters. The molecular formula is C19H32N2. The van der Waals surface area contributed by atoms with Crippen molar-refractivity contribution in [2.45, 2.75) is 77.4 Å². The molecule has 2 rings (SSSR count). The van der Waals surface area contributed by atoms with E-state index in [4.69, 9.17) is 5.73 Å². The molecule has 118 valence electrons. The summed E-state index contributed by atoms with van der Waals surface area (Å²) in [6, 6.07) is 10.8. The van der Waals surface area contributed by atoms with Gasteiger partial charge in [-0.15, -0.1) is 0 Å². The molecule has 2 N–H and O–H groups in total. The van der Waals surface area contributed by atoms with Crippen LogP contribution >= 0.6 is 0 Å². The van der Waals surface area contributed by atoms with E-state index in [1.807, 2.05) is 0 Å². The van der Waals surface area contributed by atoms with E-state index in [9.17, 15) is 0 Å². The van der Waals surface area contributed by atoms with Crippen LogP contribution in [0.15, 0.2) is 24.3 Å². The maximum absolute atomic E-state index is 6.15. The van der Waals surface area contributed by atoms with Crippen LogP contribution in [0.1, 0.15) is 71.0 Å². The Balaban J connectivity index is 2.25.